The van der Waals surface area contributed by atoms with Gasteiger partial charge in [0.2, 0.25) is 5.95 Å². The van der Waals surface area contributed by atoms with E-state index in [1.807, 2.05) is 0 Å². The monoisotopic (exact) mass is 329 g/mol. The first-order valence-corrected chi connectivity index (χ1v) is 6.84. The number of methoxy groups -OCH3 is 1. The normalized spacial score (nSPS) is 10.8. The van der Waals surface area contributed by atoms with Crippen molar-refractivity contribution >= 4 is 29.4 Å². The third-order valence-electron chi connectivity index (χ3n) is 2.93. The van der Waals surface area contributed by atoms with Gasteiger partial charge in [0.05, 0.1) is 12.7 Å². The third-order valence-corrected chi connectivity index (χ3v) is 2.93. The summed E-state index contributed by atoms with van der Waals surface area (Å²) in [6, 6.07) is 6.17. The lowest BCUT2D eigenvalue weighted by Crippen LogP contribution is -2.16. The molecule has 0 spiro atoms. The number of benzene rings is 1. The number of aromatic amines is 1. The Morgan fingerprint density at radius 2 is 1.88 bits per heavy atom. The SMILES string of the molecule is COC(=O)c1ccc(NC(=O)/C(C)=C/C(=O)Nc2ncn[nH]2)cc1. The fraction of sp³-hybridized carbons (Fsp3) is 0.133. The van der Waals surface area contributed by atoms with Crippen LogP contribution in [0.1, 0.15) is 17.3 Å². The van der Waals surface area contributed by atoms with E-state index in [1.54, 1.807) is 12.1 Å². The Bertz CT molecular complexity index is 766. The predicted octanol–water partition coefficient (Wildman–Crippen LogP) is 1.11. The molecule has 0 unspecified atom stereocenters. The fourth-order valence-electron chi connectivity index (χ4n) is 1.72. The van der Waals surface area contributed by atoms with E-state index in [4.69, 9.17) is 0 Å². The molecule has 2 amide bonds. The van der Waals surface area contributed by atoms with Crippen molar-refractivity contribution in [3.05, 3.63) is 47.8 Å². The van der Waals surface area contributed by atoms with E-state index in [9.17, 15) is 14.4 Å². The van der Waals surface area contributed by atoms with E-state index >= 15 is 0 Å². The van der Waals surface area contributed by atoms with Crippen LogP contribution in [0.5, 0.6) is 0 Å². The molecule has 124 valence electrons. The van der Waals surface area contributed by atoms with Gasteiger partial charge in [0.1, 0.15) is 6.33 Å². The molecular weight excluding hydrogens is 314 g/mol. The number of amides is 2. The molecule has 9 nitrogen and oxygen atoms in total. The van der Waals surface area contributed by atoms with Crippen molar-refractivity contribution in [1.29, 1.82) is 0 Å². The molecule has 0 saturated carbocycles. The average Bonchev–Trinajstić information content (AvgIpc) is 3.07. The number of hydrogen-bond donors (Lipinski definition) is 3. The number of anilines is 2. The number of ether oxygens (including phenoxy) is 1. The van der Waals surface area contributed by atoms with Crippen LogP contribution in [0, 0.1) is 0 Å². The molecule has 2 aromatic rings. The second kappa shape index (κ2) is 7.68. The van der Waals surface area contributed by atoms with Gasteiger partial charge in [-0.2, -0.15) is 10.1 Å². The maximum atomic E-state index is 12.0. The van der Waals surface area contributed by atoms with Gasteiger partial charge in [-0.15, -0.1) is 0 Å². The lowest BCUT2D eigenvalue weighted by molar-refractivity contribution is -0.114. The maximum Gasteiger partial charge on any atom is 0.337 e. The lowest BCUT2D eigenvalue weighted by atomic mass is 10.2. The van der Waals surface area contributed by atoms with Crippen LogP contribution in [0.15, 0.2) is 42.2 Å². The number of nitrogens with zero attached hydrogens (tertiary/aromatic N) is 2. The number of rotatable bonds is 5. The van der Waals surface area contributed by atoms with Crippen molar-refractivity contribution in [3.8, 4) is 0 Å². The Morgan fingerprint density at radius 1 is 1.17 bits per heavy atom. The highest BCUT2D eigenvalue weighted by molar-refractivity contribution is 6.09. The van der Waals surface area contributed by atoms with Crippen LogP contribution < -0.4 is 10.6 Å². The van der Waals surface area contributed by atoms with E-state index in [2.05, 4.69) is 30.6 Å². The molecule has 0 aliphatic rings. The van der Waals surface area contributed by atoms with Gasteiger partial charge < -0.3 is 10.1 Å². The standard InChI is InChI=1S/C15H15N5O4/c1-9(7-12(21)19-15-16-8-17-20-15)13(22)18-11-5-3-10(4-6-11)14(23)24-2/h3-8H,1-2H3,(H,18,22)(H2,16,17,19,20,21)/b9-7+. The zero-order valence-corrected chi connectivity index (χ0v) is 13.0. The topological polar surface area (TPSA) is 126 Å². The Hall–Kier alpha value is -3.49. The van der Waals surface area contributed by atoms with Crippen LogP contribution in [0.4, 0.5) is 11.6 Å². The highest BCUT2D eigenvalue weighted by atomic mass is 16.5. The van der Waals surface area contributed by atoms with Crippen LogP contribution in [-0.4, -0.2) is 40.1 Å². The number of aromatic nitrogens is 3. The minimum Gasteiger partial charge on any atom is -0.465 e. The van der Waals surface area contributed by atoms with E-state index in [-0.39, 0.29) is 11.5 Å². The zero-order chi connectivity index (χ0) is 17.5. The van der Waals surface area contributed by atoms with Crippen molar-refractivity contribution in [3.63, 3.8) is 0 Å². The van der Waals surface area contributed by atoms with Gasteiger partial charge in [-0.05, 0) is 31.2 Å². The van der Waals surface area contributed by atoms with Crippen molar-refractivity contribution in [1.82, 2.24) is 15.2 Å². The molecular formula is C15H15N5O4. The number of H-pyrrole nitrogens is 1. The summed E-state index contributed by atoms with van der Waals surface area (Å²) >= 11 is 0. The first-order valence-electron chi connectivity index (χ1n) is 6.84. The van der Waals surface area contributed by atoms with Crippen LogP contribution in [0.25, 0.3) is 0 Å². The predicted molar refractivity (Wildman–Crippen MR) is 85.2 cm³/mol. The zero-order valence-electron chi connectivity index (χ0n) is 13.0. The highest BCUT2D eigenvalue weighted by Gasteiger charge is 2.09. The smallest absolute Gasteiger partial charge is 0.337 e. The molecule has 0 bridgehead atoms. The molecule has 9 heteroatoms. The van der Waals surface area contributed by atoms with Crippen molar-refractivity contribution in [2.45, 2.75) is 6.92 Å². The molecule has 1 aromatic heterocycles. The summed E-state index contributed by atoms with van der Waals surface area (Å²) in [5, 5.41) is 11.1. The average molecular weight is 329 g/mol. The lowest BCUT2D eigenvalue weighted by Gasteiger charge is -2.06. The Morgan fingerprint density at radius 3 is 2.46 bits per heavy atom. The van der Waals surface area contributed by atoms with Gasteiger partial charge in [-0.3, -0.25) is 14.9 Å². The molecule has 2 rings (SSSR count). The number of nitrogens with one attached hydrogen (secondary N) is 3. The fourth-order valence-corrected chi connectivity index (χ4v) is 1.72. The van der Waals surface area contributed by atoms with Gasteiger partial charge in [-0.25, -0.2) is 9.89 Å². The molecule has 0 fully saturated rings. The summed E-state index contributed by atoms with van der Waals surface area (Å²) in [4.78, 5) is 38.8. The molecule has 0 atom stereocenters. The second-order valence-electron chi connectivity index (χ2n) is 4.67. The largest absolute Gasteiger partial charge is 0.465 e. The van der Waals surface area contributed by atoms with Gasteiger partial charge in [0.25, 0.3) is 11.8 Å². The summed E-state index contributed by atoms with van der Waals surface area (Å²) in [7, 11) is 1.29. The van der Waals surface area contributed by atoms with Gasteiger partial charge >= 0.3 is 5.97 Å². The number of carbonyl (C=O) groups excluding carboxylic acids is 3. The summed E-state index contributed by atoms with van der Waals surface area (Å²) < 4.78 is 4.59. The van der Waals surface area contributed by atoms with E-state index < -0.39 is 17.8 Å². The number of hydrogen-bond acceptors (Lipinski definition) is 6. The quantitative estimate of drug-likeness (QED) is 0.557. The molecule has 1 heterocycles. The minimum absolute atomic E-state index is 0.183. The molecule has 3 N–H and O–H groups in total. The van der Waals surface area contributed by atoms with Crippen molar-refractivity contribution in [2.24, 2.45) is 0 Å². The molecule has 0 aliphatic heterocycles. The van der Waals surface area contributed by atoms with Crippen molar-refractivity contribution in [2.75, 3.05) is 17.7 Å². The van der Waals surface area contributed by atoms with Crippen LogP contribution in [0.3, 0.4) is 0 Å². The molecule has 0 saturated heterocycles. The number of esters is 1. The van der Waals surface area contributed by atoms with E-state index in [1.165, 1.54) is 32.5 Å². The highest BCUT2D eigenvalue weighted by Crippen LogP contribution is 2.11. The first kappa shape index (κ1) is 16.9. The molecule has 0 radical (unpaired) electrons. The molecule has 1 aromatic carbocycles. The summed E-state index contributed by atoms with van der Waals surface area (Å²) in [6.07, 6.45) is 2.39. The molecule has 0 aliphatic carbocycles. The minimum atomic E-state index is -0.513. The second-order valence-corrected chi connectivity index (χ2v) is 4.67. The first-order chi connectivity index (χ1) is 11.5. The van der Waals surface area contributed by atoms with Gasteiger partial charge in [0.15, 0.2) is 0 Å². The van der Waals surface area contributed by atoms with Crippen LogP contribution >= 0.6 is 0 Å². The van der Waals surface area contributed by atoms with Gasteiger partial charge in [0, 0.05) is 17.3 Å². The summed E-state index contributed by atoms with van der Waals surface area (Å²) in [6.45, 7) is 1.50. The van der Waals surface area contributed by atoms with E-state index in [0.717, 1.165) is 6.08 Å². The van der Waals surface area contributed by atoms with E-state index in [0.29, 0.717) is 11.3 Å². The van der Waals surface area contributed by atoms with Crippen LogP contribution in [-0.2, 0) is 14.3 Å². The maximum absolute atomic E-state index is 12.0. The Kier molecular flexibility index (Phi) is 5.40. The Labute approximate surface area is 137 Å². The number of carbonyl (C=O) groups is 3. The summed E-state index contributed by atoms with van der Waals surface area (Å²) in [5.41, 5.74) is 1.05. The summed E-state index contributed by atoms with van der Waals surface area (Å²) in [5.74, 6) is -1.25. The van der Waals surface area contributed by atoms with Gasteiger partial charge in [-0.1, -0.05) is 0 Å². The Balaban J connectivity index is 1.96. The molecule has 24 heavy (non-hydrogen) atoms. The van der Waals surface area contributed by atoms with Crippen LogP contribution in [0.2, 0.25) is 0 Å². The third kappa shape index (κ3) is 4.50. The van der Waals surface area contributed by atoms with Crippen molar-refractivity contribution < 1.29 is 19.1 Å².